The third-order valence-electron chi connectivity index (χ3n) is 5.09. The molecule has 0 unspecified atom stereocenters. The molecular formula is C20H22ClF3N8O2. The van der Waals surface area contributed by atoms with Crippen molar-refractivity contribution in [1.82, 2.24) is 24.1 Å². The molecule has 14 heteroatoms. The van der Waals surface area contributed by atoms with Crippen LogP contribution in [0.5, 0.6) is 0 Å². The average Bonchev–Trinajstić information content (AvgIpc) is 3.17. The molecule has 10 nitrogen and oxygen atoms in total. The van der Waals surface area contributed by atoms with Gasteiger partial charge in [0.25, 0.3) is 5.56 Å². The number of H-pyrrole nitrogens is 1. The molecule has 0 spiro atoms. The summed E-state index contributed by atoms with van der Waals surface area (Å²) < 4.78 is 41.1. The van der Waals surface area contributed by atoms with Crippen LogP contribution in [0.1, 0.15) is 30.9 Å². The lowest BCUT2D eigenvalue weighted by Crippen LogP contribution is -2.41. The average molecular weight is 499 g/mol. The minimum absolute atomic E-state index is 0.00270. The number of benzene rings is 1. The van der Waals surface area contributed by atoms with Gasteiger partial charge in [0, 0.05) is 26.1 Å². The van der Waals surface area contributed by atoms with Crippen molar-refractivity contribution < 1.29 is 13.2 Å². The van der Waals surface area contributed by atoms with E-state index in [4.69, 9.17) is 22.5 Å². The Hall–Kier alpha value is -3.48. The van der Waals surface area contributed by atoms with Crippen molar-refractivity contribution in [1.29, 1.82) is 10.9 Å². The maximum Gasteiger partial charge on any atom is 0.416 e. The molecule has 0 radical (unpaired) electrons. The van der Waals surface area contributed by atoms with Crippen molar-refractivity contribution >= 4 is 28.6 Å². The van der Waals surface area contributed by atoms with Crippen LogP contribution >= 0.6 is 11.6 Å². The SMILES string of the molecule is CCCn1c(=O)n(CCCN(N=N)C(=N)Cc2cccc(C(F)(F)F)c2)c(=O)c2[nH]c(Cl)nc21. The Kier molecular flexibility index (Phi) is 7.54. The monoisotopic (exact) mass is 498 g/mol. The highest BCUT2D eigenvalue weighted by Gasteiger charge is 2.30. The molecule has 0 amide bonds. The minimum atomic E-state index is -4.50. The Morgan fingerprint density at radius 3 is 2.65 bits per heavy atom. The molecule has 3 N–H and O–H groups in total. The first kappa shape index (κ1) is 25.1. The van der Waals surface area contributed by atoms with Gasteiger partial charge in [0.2, 0.25) is 5.28 Å². The molecule has 0 aliphatic carbocycles. The van der Waals surface area contributed by atoms with E-state index in [9.17, 15) is 22.8 Å². The van der Waals surface area contributed by atoms with Crippen LogP contribution in [0.4, 0.5) is 13.2 Å². The van der Waals surface area contributed by atoms with Crippen LogP contribution in [-0.2, 0) is 25.7 Å². The molecule has 2 heterocycles. The Labute approximate surface area is 196 Å². The summed E-state index contributed by atoms with van der Waals surface area (Å²) in [5.74, 6) is -0.194. The van der Waals surface area contributed by atoms with E-state index in [0.717, 1.165) is 21.7 Å². The first-order chi connectivity index (χ1) is 16.1. The Bertz CT molecular complexity index is 1330. The summed E-state index contributed by atoms with van der Waals surface area (Å²) in [7, 11) is 0. The van der Waals surface area contributed by atoms with Gasteiger partial charge in [-0.1, -0.05) is 30.3 Å². The van der Waals surface area contributed by atoms with Gasteiger partial charge in [0.15, 0.2) is 11.2 Å². The van der Waals surface area contributed by atoms with Crippen molar-refractivity contribution in [2.24, 2.45) is 5.22 Å². The van der Waals surface area contributed by atoms with E-state index in [-0.39, 0.29) is 53.8 Å². The summed E-state index contributed by atoms with van der Waals surface area (Å²) in [6.45, 7) is 2.16. The number of alkyl halides is 3. The van der Waals surface area contributed by atoms with Crippen LogP contribution in [0.2, 0.25) is 5.28 Å². The second-order valence-corrected chi connectivity index (χ2v) is 7.87. The fourth-order valence-electron chi connectivity index (χ4n) is 3.53. The third-order valence-corrected chi connectivity index (χ3v) is 5.27. The molecule has 182 valence electrons. The number of nitrogens with zero attached hydrogens (tertiary/aromatic N) is 5. The number of amidine groups is 1. The van der Waals surface area contributed by atoms with Gasteiger partial charge in [0.1, 0.15) is 5.84 Å². The van der Waals surface area contributed by atoms with Gasteiger partial charge >= 0.3 is 11.9 Å². The van der Waals surface area contributed by atoms with Crippen molar-refractivity contribution in [2.45, 2.75) is 45.5 Å². The normalized spacial score (nSPS) is 11.7. The summed E-state index contributed by atoms with van der Waals surface area (Å²) in [5.41, 5.74) is 5.86. The summed E-state index contributed by atoms with van der Waals surface area (Å²) in [6, 6.07) is 4.58. The first-order valence-corrected chi connectivity index (χ1v) is 10.7. The number of hydrogen-bond acceptors (Lipinski definition) is 6. The number of halogens is 4. The van der Waals surface area contributed by atoms with Gasteiger partial charge < -0.3 is 4.98 Å². The van der Waals surface area contributed by atoms with Gasteiger partial charge in [-0.2, -0.15) is 23.7 Å². The van der Waals surface area contributed by atoms with Crippen LogP contribution in [0.3, 0.4) is 0 Å². The molecule has 0 fully saturated rings. The first-order valence-electron chi connectivity index (χ1n) is 10.3. The molecule has 3 rings (SSSR count). The zero-order chi connectivity index (χ0) is 25.0. The fraction of sp³-hybridized carbons (Fsp3) is 0.400. The van der Waals surface area contributed by atoms with Crippen molar-refractivity contribution in [2.75, 3.05) is 6.54 Å². The lowest BCUT2D eigenvalue weighted by molar-refractivity contribution is -0.137. The van der Waals surface area contributed by atoms with Gasteiger partial charge in [-0.3, -0.25) is 19.3 Å². The predicted octanol–water partition coefficient (Wildman–Crippen LogP) is 3.83. The van der Waals surface area contributed by atoms with Gasteiger partial charge in [-0.05, 0) is 36.1 Å². The lowest BCUT2D eigenvalue weighted by Gasteiger charge is -2.18. The van der Waals surface area contributed by atoms with Crippen molar-refractivity contribution in [3.63, 3.8) is 0 Å². The molecule has 2 aromatic heterocycles. The molecule has 0 aliphatic rings. The fourth-order valence-corrected chi connectivity index (χ4v) is 3.70. The molecule has 0 atom stereocenters. The van der Waals surface area contributed by atoms with Crippen LogP contribution in [-0.4, -0.2) is 36.5 Å². The topological polar surface area (TPSA) is 136 Å². The van der Waals surface area contributed by atoms with Crippen molar-refractivity contribution in [3.8, 4) is 0 Å². The number of aromatic amines is 1. The summed E-state index contributed by atoms with van der Waals surface area (Å²) in [6.07, 6.45) is -3.89. The minimum Gasteiger partial charge on any atom is -0.323 e. The van der Waals surface area contributed by atoms with Gasteiger partial charge in [-0.15, -0.1) is 0 Å². The highest BCUT2D eigenvalue weighted by Crippen LogP contribution is 2.29. The molecule has 0 saturated heterocycles. The molecule has 3 aromatic rings. The van der Waals surface area contributed by atoms with E-state index in [1.165, 1.54) is 16.7 Å². The maximum atomic E-state index is 12.9. The second kappa shape index (κ2) is 10.2. The predicted molar refractivity (Wildman–Crippen MR) is 119 cm³/mol. The standard InChI is InChI=1S/C20H22ClF3N8O2/c1-2-7-30-16-15(27-18(21)28-16)17(33)31(19(30)34)8-4-9-32(29-26)14(25)11-12-5-3-6-13(10-12)20(22,23)24/h3,5-6,10,25-26H,2,4,7-9,11H2,1H3,(H,27,28). The Balaban J connectivity index is 1.74. The van der Waals surface area contributed by atoms with Crippen LogP contribution < -0.4 is 11.2 Å². The number of aromatic nitrogens is 4. The molecule has 0 saturated carbocycles. The third kappa shape index (κ3) is 5.35. The van der Waals surface area contributed by atoms with Crippen LogP contribution in [0.25, 0.3) is 11.2 Å². The summed E-state index contributed by atoms with van der Waals surface area (Å²) >= 11 is 5.88. The summed E-state index contributed by atoms with van der Waals surface area (Å²) in [4.78, 5) is 32.3. The second-order valence-electron chi connectivity index (χ2n) is 7.52. The maximum absolute atomic E-state index is 12.9. The number of aryl methyl sites for hydroxylation is 1. The molecule has 0 bridgehead atoms. The van der Waals surface area contributed by atoms with E-state index >= 15 is 0 Å². The van der Waals surface area contributed by atoms with Crippen LogP contribution in [0.15, 0.2) is 39.1 Å². The van der Waals surface area contributed by atoms with Gasteiger partial charge in [-0.25, -0.2) is 9.80 Å². The molecule has 0 aliphatic heterocycles. The quantitative estimate of drug-likeness (QED) is 0.136. The van der Waals surface area contributed by atoms with E-state index in [0.29, 0.717) is 13.0 Å². The largest absolute Gasteiger partial charge is 0.416 e. The molecule has 1 aromatic carbocycles. The Morgan fingerprint density at radius 1 is 1.26 bits per heavy atom. The van der Waals surface area contributed by atoms with Crippen LogP contribution in [0, 0.1) is 10.9 Å². The number of hydrogen-bond donors (Lipinski definition) is 3. The zero-order valence-corrected chi connectivity index (χ0v) is 18.9. The van der Waals surface area contributed by atoms with E-state index < -0.39 is 23.0 Å². The molecule has 34 heavy (non-hydrogen) atoms. The van der Waals surface area contributed by atoms with E-state index in [1.54, 1.807) is 0 Å². The smallest absolute Gasteiger partial charge is 0.323 e. The van der Waals surface area contributed by atoms with Crippen molar-refractivity contribution in [3.05, 3.63) is 61.5 Å². The highest BCUT2D eigenvalue weighted by molar-refractivity contribution is 6.28. The number of fused-ring (bicyclic) bond motifs is 1. The lowest BCUT2D eigenvalue weighted by atomic mass is 10.1. The van der Waals surface area contributed by atoms with E-state index in [1.807, 2.05) is 6.92 Å². The molecular weight excluding hydrogens is 477 g/mol. The van der Waals surface area contributed by atoms with E-state index in [2.05, 4.69) is 15.2 Å². The summed E-state index contributed by atoms with van der Waals surface area (Å²) in [5, 5.41) is 12.4. The number of nitrogens with one attached hydrogen (secondary N) is 3. The Morgan fingerprint density at radius 2 is 2.00 bits per heavy atom. The number of rotatable bonds is 9. The number of imidazole rings is 1. The highest BCUT2D eigenvalue weighted by atomic mass is 35.5. The van der Waals surface area contributed by atoms with Gasteiger partial charge in [0.05, 0.1) is 5.56 Å². The zero-order valence-electron chi connectivity index (χ0n) is 18.1.